The highest BCUT2D eigenvalue weighted by Gasteiger charge is 2.20. The first kappa shape index (κ1) is 22.3. The maximum absolute atomic E-state index is 12.4. The van der Waals surface area contributed by atoms with E-state index in [1.165, 1.54) is 24.3 Å². The van der Waals surface area contributed by atoms with E-state index in [0.717, 1.165) is 0 Å². The minimum absolute atomic E-state index is 0.0547. The van der Waals surface area contributed by atoms with Crippen molar-refractivity contribution in [1.29, 1.82) is 0 Å². The Labute approximate surface area is 184 Å². The Bertz CT molecular complexity index is 1150. The van der Waals surface area contributed by atoms with Crippen molar-refractivity contribution in [2.45, 2.75) is 11.0 Å². The fourth-order valence-electron chi connectivity index (χ4n) is 2.78. The third-order valence-electron chi connectivity index (χ3n) is 4.26. The molecule has 1 amide bonds. The summed E-state index contributed by atoms with van der Waals surface area (Å²) in [5, 5.41) is 14.1. The molecule has 0 aliphatic rings. The van der Waals surface area contributed by atoms with E-state index in [9.17, 15) is 18.3 Å². The van der Waals surface area contributed by atoms with Crippen LogP contribution in [0.5, 0.6) is 0 Å². The van der Waals surface area contributed by atoms with Crippen LogP contribution < -0.4 is 10.0 Å². The number of amides is 1. The average Bonchev–Trinajstić information content (AvgIpc) is 2.74. The Morgan fingerprint density at radius 1 is 0.933 bits per heavy atom. The normalized spacial score (nSPS) is 12.4. The van der Waals surface area contributed by atoms with Gasteiger partial charge in [0.1, 0.15) is 6.10 Å². The molecule has 0 aliphatic heterocycles. The number of rotatable bonds is 7. The topological polar surface area (TPSA) is 95.5 Å². The van der Waals surface area contributed by atoms with Gasteiger partial charge in [-0.3, -0.25) is 4.79 Å². The van der Waals surface area contributed by atoms with Gasteiger partial charge in [0, 0.05) is 26.9 Å². The second kappa shape index (κ2) is 9.59. The summed E-state index contributed by atoms with van der Waals surface area (Å²) in [6.07, 6.45) is -1.14. The van der Waals surface area contributed by atoms with E-state index in [1.807, 2.05) is 0 Å². The predicted octanol–water partition coefficient (Wildman–Crippen LogP) is 3.99. The summed E-state index contributed by atoms with van der Waals surface area (Å²) in [4.78, 5) is 12.4. The molecular weight excluding hydrogens is 447 g/mol. The summed E-state index contributed by atoms with van der Waals surface area (Å²) in [7, 11) is -3.83. The van der Waals surface area contributed by atoms with Crippen molar-refractivity contribution in [3.63, 3.8) is 0 Å². The van der Waals surface area contributed by atoms with Crippen molar-refractivity contribution in [3.8, 4) is 0 Å². The summed E-state index contributed by atoms with van der Waals surface area (Å²) >= 11 is 12.2. The van der Waals surface area contributed by atoms with Gasteiger partial charge in [0.15, 0.2) is 0 Å². The van der Waals surface area contributed by atoms with Gasteiger partial charge in [-0.1, -0.05) is 59.6 Å². The van der Waals surface area contributed by atoms with Gasteiger partial charge < -0.3 is 10.4 Å². The van der Waals surface area contributed by atoms with Crippen molar-refractivity contribution < 1.29 is 18.3 Å². The standard InChI is InChI=1S/C21H18Cl2N2O4S/c22-14-10-11-19(17(12-14)21(27)16-8-4-5-9-18(16)23)25-20(26)13-24-30(28,29)15-6-2-1-3-7-15/h1-12,21,24,27H,13H2,(H,25,26). The largest absolute Gasteiger partial charge is 0.384 e. The fraction of sp³-hybridized carbons (Fsp3) is 0.0952. The Morgan fingerprint density at radius 2 is 1.60 bits per heavy atom. The van der Waals surface area contributed by atoms with Crippen LogP contribution in [0.25, 0.3) is 0 Å². The second-order valence-electron chi connectivity index (χ2n) is 6.34. The van der Waals surface area contributed by atoms with Gasteiger partial charge in [-0.15, -0.1) is 0 Å². The third kappa shape index (κ3) is 5.38. The first-order valence-electron chi connectivity index (χ1n) is 8.84. The number of aliphatic hydroxyl groups is 1. The van der Waals surface area contributed by atoms with E-state index in [2.05, 4.69) is 10.0 Å². The molecule has 0 heterocycles. The number of sulfonamides is 1. The molecule has 0 saturated carbocycles. The molecule has 3 aromatic carbocycles. The van der Waals surface area contributed by atoms with E-state index < -0.39 is 28.6 Å². The summed E-state index contributed by atoms with van der Waals surface area (Å²) in [5.74, 6) is -0.607. The SMILES string of the molecule is O=C(CNS(=O)(=O)c1ccccc1)Nc1ccc(Cl)cc1C(O)c1ccccc1Cl. The summed E-state index contributed by atoms with van der Waals surface area (Å²) in [6.45, 7) is -0.485. The summed E-state index contributed by atoms with van der Waals surface area (Å²) in [5.41, 5.74) is 1.06. The molecule has 156 valence electrons. The number of carbonyl (C=O) groups excluding carboxylic acids is 1. The number of carbonyl (C=O) groups is 1. The summed E-state index contributed by atoms with van der Waals surface area (Å²) in [6, 6.07) is 19.1. The van der Waals surface area contributed by atoms with Crippen LogP contribution in [-0.2, 0) is 14.8 Å². The van der Waals surface area contributed by atoms with Crippen molar-refractivity contribution in [2.24, 2.45) is 0 Å². The van der Waals surface area contributed by atoms with Gasteiger partial charge in [0.25, 0.3) is 0 Å². The Kier molecular flexibility index (Phi) is 7.12. The molecule has 0 bridgehead atoms. The van der Waals surface area contributed by atoms with E-state index >= 15 is 0 Å². The van der Waals surface area contributed by atoms with Crippen LogP contribution in [0, 0.1) is 0 Å². The first-order valence-corrected chi connectivity index (χ1v) is 11.1. The van der Waals surface area contributed by atoms with Crippen molar-refractivity contribution >= 4 is 44.8 Å². The van der Waals surface area contributed by atoms with E-state index in [-0.39, 0.29) is 10.6 Å². The molecule has 6 nitrogen and oxygen atoms in total. The van der Waals surface area contributed by atoms with Gasteiger partial charge in [-0.25, -0.2) is 13.1 Å². The molecule has 3 rings (SSSR count). The van der Waals surface area contributed by atoms with Gasteiger partial charge in [0.2, 0.25) is 15.9 Å². The quantitative estimate of drug-likeness (QED) is 0.492. The Hall–Kier alpha value is -2.42. The number of aliphatic hydroxyl groups excluding tert-OH is 1. The van der Waals surface area contributed by atoms with Crippen molar-refractivity contribution in [1.82, 2.24) is 4.72 Å². The van der Waals surface area contributed by atoms with Crippen LogP contribution in [-0.4, -0.2) is 26.0 Å². The average molecular weight is 465 g/mol. The molecule has 1 atom stereocenters. The number of hydrogen-bond donors (Lipinski definition) is 3. The van der Waals surface area contributed by atoms with Crippen LogP contribution in [0.1, 0.15) is 17.2 Å². The first-order chi connectivity index (χ1) is 14.3. The smallest absolute Gasteiger partial charge is 0.241 e. The van der Waals surface area contributed by atoms with Crippen molar-refractivity contribution in [3.05, 3.63) is 94.0 Å². The third-order valence-corrected chi connectivity index (χ3v) is 6.25. The highest BCUT2D eigenvalue weighted by atomic mass is 35.5. The molecule has 3 aromatic rings. The monoisotopic (exact) mass is 464 g/mol. The molecule has 9 heteroatoms. The van der Waals surface area contributed by atoms with Crippen LogP contribution in [0.2, 0.25) is 10.0 Å². The zero-order chi connectivity index (χ0) is 21.7. The highest BCUT2D eigenvalue weighted by molar-refractivity contribution is 7.89. The lowest BCUT2D eigenvalue weighted by atomic mass is 9.99. The molecule has 0 spiro atoms. The molecule has 3 N–H and O–H groups in total. The maximum atomic E-state index is 12.4. The molecule has 0 aliphatic carbocycles. The van der Waals surface area contributed by atoms with E-state index in [1.54, 1.807) is 48.5 Å². The van der Waals surface area contributed by atoms with Gasteiger partial charge in [-0.05, 0) is 36.4 Å². The van der Waals surface area contributed by atoms with E-state index in [4.69, 9.17) is 23.2 Å². The lowest BCUT2D eigenvalue weighted by Gasteiger charge is -2.18. The van der Waals surface area contributed by atoms with Crippen LogP contribution >= 0.6 is 23.2 Å². The number of anilines is 1. The minimum Gasteiger partial charge on any atom is -0.384 e. The Morgan fingerprint density at radius 3 is 2.30 bits per heavy atom. The molecular formula is C21H18Cl2N2O4S. The van der Waals surface area contributed by atoms with E-state index in [0.29, 0.717) is 21.2 Å². The molecule has 0 fully saturated rings. The van der Waals surface area contributed by atoms with Crippen LogP contribution in [0.4, 0.5) is 5.69 Å². The molecule has 1 unspecified atom stereocenters. The predicted molar refractivity (Wildman–Crippen MR) is 117 cm³/mol. The van der Waals surface area contributed by atoms with Crippen LogP contribution in [0.3, 0.4) is 0 Å². The zero-order valence-corrected chi connectivity index (χ0v) is 17.9. The number of benzene rings is 3. The number of hydrogen-bond acceptors (Lipinski definition) is 4. The van der Waals surface area contributed by atoms with Crippen LogP contribution in [0.15, 0.2) is 77.7 Å². The van der Waals surface area contributed by atoms with Gasteiger partial charge >= 0.3 is 0 Å². The second-order valence-corrected chi connectivity index (χ2v) is 8.95. The molecule has 30 heavy (non-hydrogen) atoms. The van der Waals surface area contributed by atoms with Crippen molar-refractivity contribution in [2.75, 3.05) is 11.9 Å². The lowest BCUT2D eigenvalue weighted by Crippen LogP contribution is -2.33. The molecule has 0 aromatic heterocycles. The zero-order valence-electron chi connectivity index (χ0n) is 15.5. The number of nitrogens with one attached hydrogen (secondary N) is 2. The maximum Gasteiger partial charge on any atom is 0.241 e. The molecule has 0 saturated heterocycles. The summed E-state index contributed by atoms with van der Waals surface area (Å²) < 4.78 is 26.8. The Balaban J connectivity index is 1.77. The fourth-order valence-corrected chi connectivity index (χ4v) is 4.20. The minimum atomic E-state index is -3.83. The number of halogens is 2. The lowest BCUT2D eigenvalue weighted by molar-refractivity contribution is -0.115. The highest BCUT2D eigenvalue weighted by Crippen LogP contribution is 2.34. The van der Waals surface area contributed by atoms with Gasteiger partial charge in [-0.2, -0.15) is 0 Å². The van der Waals surface area contributed by atoms with Gasteiger partial charge in [0.05, 0.1) is 11.4 Å². The molecule has 0 radical (unpaired) electrons.